The first-order valence-corrected chi connectivity index (χ1v) is 7.76. The average Bonchev–Trinajstić information content (AvgIpc) is 2.83. The van der Waals surface area contributed by atoms with Crippen LogP contribution in [0, 0.1) is 5.92 Å². The molecule has 0 radical (unpaired) electrons. The maximum Gasteiger partial charge on any atom is 0.237 e. The van der Waals surface area contributed by atoms with Crippen LogP contribution in [0.15, 0.2) is 48.5 Å². The van der Waals surface area contributed by atoms with E-state index in [0.29, 0.717) is 17.1 Å². The number of nitrogens with zero attached hydrogens (tertiary/aromatic N) is 1. The molecule has 0 bridgehead atoms. The topological polar surface area (TPSA) is 77.5 Å². The number of anilines is 1. The summed E-state index contributed by atoms with van der Waals surface area (Å²) < 4.78 is 0. The van der Waals surface area contributed by atoms with Gasteiger partial charge in [-0.15, -0.1) is 0 Å². The van der Waals surface area contributed by atoms with Crippen molar-refractivity contribution >= 4 is 35.1 Å². The number of aromatic carboxylic acids is 1. The Bertz CT molecular complexity index is 799. The molecule has 1 heterocycles. The van der Waals surface area contributed by atoms with E-state index in [0.717, 1.165) is 10.5 Å². The Labute approximate surface area is 143 Å². The summed E-state index contributed by atoms with van der Waals surface area (Å²) in [5.41, 5.74) is 1.30. The van der Waals surface area contributed by atoms with Crippen LogP contribution in [0.4, 0.5) is 5.69 Å². The molecule has 0 spiro atoms. The molecule has 1 unspecified atom stereocenters. The number of carboxylic acid groups (broad SMARTS) is 1. The third-order valence-corrected chi connectivity index (χ3v) is 4.25. The number of amides is 2. The van der Waals surface area contributed by atoms with E-state index in [1.807, 2.05) is 12.1 Å². The zero-order valence-electron chi connectivity index (χ0n) is 12.6. The summed E-state index contributed by atoms with van der Waals surface area (Å²) in [6.45, 7) is 0. The lowest BCUT2D eigenvalue weighted by atomic mass is 9.98. The predicted octanol–water partition coefficient (Wildman–Crippen LogP) is 1.83. The monoisotopic (exact) mass is 342 g/mol. The van der Waals surface area contributed by atoms with Gasteiger partial charge in [-0.3, -0.25) is 14.5 Å². The lowest BCUT2D eigenvalue weighted by Gasteiger charge is -2.16. The second-order valence-corrected chi connectivity index (χ2v) is 6.07. The van der Waals surface area contributed by atoms with Gasteiger partial charge in [-0.05, 0) is 41.8 Å². The highest BCUT2D eigenvalue weighted by atomic mass is 35.5. The molecule has 24 heavy (non-hydrogen) atoms. The zero-order chi connectivity index (χ0) is 17.3. The van der Waals surface area contributed by atoms with Gasteiger partial charge in [0.15, 0.2) is 0 Å². The van der Waals surface area contributed by atoms with E-state index in [1.165, 1.54) is 24.3 Å². The minimum atomic E-state index is -1.30. The van der Waals surface area contributed by atoms with Crippen LogP contribution in [-0.2, 0) is 16.0 Å². The third-order valence-electron chi connectivity index (χ3n) is 4.00. The Morgan fingerprint density at radius 2 is 1.71 bits per heavy atom. The first kappa shape index (κ1) is 16.2. The molecular formula is C18H13ClNO4-. The maximum absolute atomic E-state index is 12.6. The van der Waals surface area contributed by atoms with Crippen molar-refractivity contribution in [3.63, 3.8) is 0 Å². The number of carbonyl (C=O) groups excluding carboxylic acids is 3. The van der Waals surface area contributed by atoms with Crippen molar-refractivity contribution in [1.82, 2.24) is 0 Å². The van der Waals surface area contributed by atoms with Gasteiger partial charge >= 0.3 is 0 Å². The first-order chi connectivity index (χ1) is 11.5. The summed E-state index contributed by atoms with van der Waals surface area (Å²) in [7, 11) is 0. The first-order valence-electron chi connectivity index (χ1n) is 7.38. The second kappa shape index (κ2) is 6.45. The van der Waals surface area contributed by atoms with Gasteiger partial charge in [-0.1, -0.05) is 35.9 Å². The molecule has 1 aliphatic heterocycles. The van der Waals surface area contributed by atoms with Gasteiger partial charge in [0, 0.05) is 11.4 Å². The Kier molecular flexibility index (Phi) is 4.36. The molecule has 2 aromatic rings. The van der Waals surface area contributed by atoms with Crippen LogP contribution in [0.2, 0.25) is 5.02 Å². The summed E-state index contributed by atoms with van der Waals surface area (Å²) >= 11 is 5.84. The minimum absolute atomic E-state index is 0.00411. The Morgan fingerprint density at radius 1 is 1.08 bits per heavy atom. The molecule has 0 N–H and O–H groups in total. The molecule has 1 saturated heterocycles. The molecule has 3 rings (SSSR count). The van der Waals surface area contributed by atoms with Gasteiger partial charge in [-0.2, -0.15) is 0 Å². The highest BCUT2D eigenvalue weighted by Crippen LogP contribution is 2.29. The number of benzene rings is 2. The zero-order valence-corrected chi connectivity index (χ0v) is 13.3. The lowest BCUT2D eigenvalue weighted by Crippen LogP contribution is -2.31. The number of hydrogen-bond acceptors (Lipinski definition) is 4. The summed E-state index contributed by atoms with van der Waals surface area (Å²) in [6, 6.07) is 12.7. The summed E-state index contributed by atoms with van der Waals surface area (Å²) in [6.07, 6.45) is 0.582. The molecule has 2 aromatic carbocycles. The summed E-state index contributed by atoms with van der Waals surface area (Å²) in [5.74, 6) is -2.31. The van der Waals surface area contributed by atoms with E-state index >= 15 is 0 Å². The van der Waals surface area contributed by atoms with Crippen molar-refractivity contribution in [3.05, 3.63) is 64.7 Å². The fraction of sp³-hybridized carbons (Fsp3) is 0.167. The fourth-order valence-electron chi connectivity index (χ4n) is 2.78. The summed E-state index contributed by atoms with van der Waals surface area (Å²) in [4.78, 5) is 36.7. The largest absolute Gasteiger partial charge is 0.545 e. The van der Waals surface area contributed by atoms with Gasteiger partial charge in [0.05, 0.1) is 17.6 Å². The molecule has 1 fully saturated rings. The number of rotatable bonds is 4. The highest BCUT2D eigenvalue weighted by molar-refractivity contribution is 6.30. The van der Waals surface area contributed by atoms with Crippen molar-refractivity contribution in [1.29, 1.82) is 0 Å². The average molecular weight is 343 g/mol. The fourth-order valence-corrected chi connectivity index (χ4v) is 2.90. The van der Waals surface area contributed by atoms with Crippen LogP contribution in [0.5, 0.6) is 0 Å². The lowest BCUT2D eigenvalue weighted by molar-refractivity contribution is -0.255. The van der Waals surface area contributed by atoms with Gasteiger partial charge in [-0.25, -0.2) is 0 Å². The van der Waals surface area contributed by atoms with Crippen molar-refractivity contribution in [2.45, 2.75) is 12.8 Å². The standard InChI is InChI=1S/C18H14ClNO4/c19-14-5-1-11(2-6-14)9-13-10-16(21)20(17(13)22)15-7-3-12(4-8-15)18(23)24/h1-8,13H,9-10H2,(H,23,24)/p-1. The number of hydrogen-bond donors (Lipinski definition) is 0. The molecule has 122 valence electrons. The molecule has 2 amide bonds. The van der Waals surface area contributed by atoms with Crippen LogP contribution in [0.25, 0.3) is 0 Å². The predicted molar refractivity (Wildman–Crippen MR) is 86.5 cm³/mol. The van der Waals surface area contributed by atoms with Gasteiger partial charge in [0.1, 0.15) is 0 Å². The Balaban J connectivity index is 1.78. The van der Waals surface area contributed by atoms with Crippen molar-refractivity contribution in [2.24, 2.45) is 5.92 Å². The second-order valence-electron chi connectivity index (χ2n) is 5.63. The molecule has 0 aliphatic carbocycles. The SMILES string of the molecule is O=C([O-])c1ccc(N2C(=O)CC(Cc3ccc(Cl)cc3)C2=O)cc1. The molecule has 1 aliphatic rings. The van der Waals surface area contributed by atoms with Crippen molar-refractivity contribution < 1.29 is 19.5 Å². The number of carbonyl (C=O) groups is 3. The van der Waals surface area contributed by atoms with E-state index in [2.05, 4.69) is 0 Å². The molecule has 0 saturated carbocycles. The molecular weight excluding hydrogens is 330 g/mol. The van der Waals surface area contributed by atoms with Crippen LogP contribution in [-0.4, -0.2) is 17.8 Å². The van der Waals surface area contributed by atoms with E-state index in [9.17, 15) is 19.5 Å². The normalized spacial score (nSPS) is 17.4. The van der Waals surface area contributed by atoms with Gasteiger partial charge in [0.2, 0.25) is 11.8 Å². The Hall–Kier alpha value is -2.66. The van der Waals surface area contributed by atoms with Crippen molar-refractivity contribution in [3.8, 4) is 0 Å². The molecule has 1 atom stereocenters. The quantitative estimate of drug-likeness (QED) is 0.794. The van der Waals surface area contributed by atoms with E-state index in [1.54, 1.807) is 12.1 Å². The smallest absolute Gasteiger partial charge is 0.237 e. The van der Waals surface area contributed by atoms with Gasteiger partial charge < -0.3 is 9.90 Å². The molecule has 6 heteroatoms. The molecule has 5 nitrogen and oxygen atoms in total. The summed E-state index contributed by atoms with van der Waals surface area (Å²) in [5, 5.41) is 11.4. The highest BCUT2D eigenvalue weighted by Gasteiger charge is 2.39. The van der Waals surface area contributed by atoms with Crippen molar-refractivity contribution in [2.75, 3.05) is 4.90 Å². The third kappa shape index (κ3) is 3.16. The Morgan fingerprint density at radius 3 is 2.29 bits per heavy atom. The molecule has 0 aromatic heterocycles. The minimum Gasteiger partial charge on any atom is -0.545 e. The van der Waals surface area contributed by atoms with Crippen LogP contribution < -0.4 is 10.0 Å². The van der Waals surface area contributed by atoms with Crippen LogP contribution >= 0.6 is 11.6 Å². The van der Waals surface area contributed by atoms with Crippen LogP contribution in [0.1, 0.15) is 22.3 Å². The maximum atomic E-state index is 12.6. The number of imide groups is 1. The van der Waals surface area contributed by atoms with E-state index in [4.69, 9.17) is 11.6 Å². The van der Waals surface area contributed by atoms with Gasteiger partial charge in [0.25, 0.3) is 0 Å². The number of halogens is 1. The number of carboxylic acids is 1. The van der Waals surface area contributed by atoms with E-state index < -0.39 is 11.9 Å². The van der Waals surface area contributed by atoms with E-state index in [-0.39, 0.29) is 23.8 Å². The van der Waals surface area contributed by atoms with Crippen LogP contribution in [0.3, 0.4) is 0 Å².